The summed E-state index contributed by atoms with van der Waals surface area (Å²) in [6.45, 7) is 7.05. The molecule has 1 aromatic heterocycles. The molecule has 0 radical (unpaired) electrons. The van der Waals surface area contributed by atoms with Crippen LogP contribution in [0.3, 0.4) is 0 Å². The summed E-state index contributed by atoms with van der Waals surface area (Å²) >= 11 is 0. The summed E-state index contributed by atoms with van der Waals surface area (Å²) in [4.78, 5) is 4.87. The minimum absolute atomic E-state index is 0.371. The van der Waals surface area contributed by atoms with Crippen LogP contribution in [0, 0.1) is 17.8 Å². The molecule has 4 rings (SSSR count). The first kappa shape index (κ1) is 21.2. The van der Waals surface area contributed by atoms with Crippen LogP contribution >= 0.6 is 8.15 Å². The zero-order valence-electron chi connectivity index (χ0n) is 18.2. The summed E-state index contributed by atoms with van der Waals surface area (Å²) in [7, 11) is -0.956. The van der Waals surface area contributed by atoms with Crippen molar-refractivity contribution in [1.82, 2.24) is 4.98 Å². The highest BCUT2D eigenvalue weighted by Crippen LogP contribution is 2.55. The lowest BCUT2D eigenvalue weighted by molar-refractivity contribution is -0.0583. The third-order valence-electron chi connectivity index (χ3n) is 6.36. The van der Waals surface area contributed by atoms with Gasteiger partial charge in [0, 0.05) is 16.8 Å². The molecule has 0 amide bonds. The van der Waals surface area contributed by atoms with Crippen molar-refractivity contribution in [2.75, 3.05) is 0 Å². The van der Waals surface area contributed by atoms with Crippen molar-refractivity contribution in [3.8, 4) is 0 Å². The molecular formula is C27H32NOP. The van der Waals surface area contributed by atoms with Crippen LogP contribution < -0.4 is 10.6 Å². The van der Waals surface area contributed by atoms with E-state index in [0.717, 1.165) is 12.1 Å². The lowest BCUT2D eigenvalue weighted by atomic mass is 9.65. The van der Waals surface area contributed by atoms with Crippen LogP contribution in [0.4, 0.5) is 0 Å². The van der Waals surface area contributed by atoms with Gasteiger partial charge in [-0.05, 0) is 42.7 Å². The molecule has 2 aromatic carbocycles. The Morgan fingerprint density at radius 1 is 0.867 bits per heavy atom. The van der Waals surface area contributed by atoms with E-state index in [4.69, 9.17) is 9.51 Å². The number of aromatic nitrogens is 1. The molecule has 1 aliphatic rings. The number of pyridine rings is 1. The van der Waals surface area contributed by atoms with E-state index in [9.17, 15) is 0 Å². The molecule has 0 N–H and O–H groups in total. The molecule has 1 saturated carbocycles. The van der Waals surface area contributed by atoms with Gasteiger partial charge in [-0.15, -0.1) is 0 Å². The third kappa shape index (κ3) is 4.36. The monoisotopic (exact) mass is 417 g/mol. The van der Waals surface area contributed by atoms with E-state index in [-0.39, 0.29) is 5.60 Å². The van der Waals surface area contributed by atoms with Crippen molar-refractivity contribution in [3.63, 3.8) is 0 Å². The van der Waals surface area contributed by atoms with E-state index < -0.39 is 8.15 Å². The van der Waals surface area contributed by atoms with Gasteiger partial charge in [0.1, 0.15) is 5.60 Å². The van der Waals surface area contributed by atoms with Gasteiger partial charge in [-0.1, -0.05) is 93.9 Å². The molecule has 2 nitrogen and oxygen atoms in total. The zero-order chi connectivity index (χ0) is 21.0. The van der Waals surface area contributed by atoms with Crippen LogP contribution in [0.2, 0.25) is 0 Å². The van der Waals surface area contributed by atoms with Crippen LogP contribution in [0.15, 0.2) is 85.1 Å². The highest BCUT2D eigenvalue weighted by atomic mass is 31.1. The highest BCUT2D eigenvalue weighted by Gasteiger charge is 2.49. The normalized spacial score (nSPS) is 24.3. The first-order chi connectivity index (χ1) is 14.6. The molecule has 156 valence electrons. The van der Waals surface area contributed by atoms with Gasteiger partial charge in [-0.2, -0.15) is 0 Å². The Kier molecular flexibility index (Phi) is 6.66. The maximum atomic E-state index is 7.38. The van der Waals surface area contributed by atoms with Crippen LogP contribution in [0.5, 0.6) is 0 Å². The van der Waals surface area contributed by atoms with Crippen molar-refractivity contribution in [2.45, 2.75) is 45.6 Å². The predicted molar refractivity (Wildman–Crippen MR) is 127 cm³/mol. The number of benzene rings is 2. The minimum Gasteiger partial charge on any atom is -0.337 e. The lowest BCUT2D eigenvalue weighted by Gasteiger charge is -2.49. The topological polar surface area (TPSA) is 22.1 Å². The van der Waals surface area contributed by atoms with Gasteiger partial charge < -0.3 is 4.52 Å². The summed E-state index contributed by atoms with van der Waals surface area (Å²) < 4.78 is 7.38. The minimum atomic E-state index is -0.956. The molecule has 1 aliphatic carbocycles. The van der Waals surface area contributed by atoms with Crippen molar-refractivity contribution < 1.29 is 4.52 Å². The Morgan fingerprint density at radius 3 is 2.00 bits per heavy atom. The second-order valence-electron chi connectivity index (χ2n) is 8.90. The SMILES string of the molecule is CC(C)[C@@H]1CC[C@H](C)C[C@@]1(OP(c1ccccc1)c1ccccc1)c1ccccn1. The second kappa shape index (κ2) is 9.41. The lowest BCUT2D eigenvalue weighted by Crippen LogP contribution is -2.46. The molecule has 1 fully saturated rings. The quantitative estimate of drug-likeness (QED) is 0.431. The Labute approximate surface area is 182 Å². The fourth-order valence-corrected chi connectivity index (χ4v) is 6.97. The number of rotatable bonds is 6. The summed E-state index contributed by atoms with van der Waals surface area (Å²) in [6, 6.07) is 27.8. The van der Waals surface area contributed by atoms with Gasteiger partial charge in [0.25, 0.3) is 0 Å². The van der Waals surface area contributed by atoms with Gasteiger partial charge in [0.05, 0.1) is 13.8 Å². The number of hydrogen-bond acceptors (Lipinski definition) is 2. The fourth-order valence-electron chi connectivity index (χ4n) is 4.94. The Balaban J connectivity index is 1.85. The summed E-state index contributed by atoms with van der Waals surface area (Å²) in [5.41, 5.74) is 0.722. The summed E-state index contributed by atoms with van der Waals surface area (Å²) in [5.74, 6) is 1.59. The molecule has 0 unspecified atom stereocenters. The molecule has 0 spiro atoms. The molecule has 3 aromatic rings. The van der Waals surface area contributed by atoms with E-state index in [0.29, 0.717) is 17.8 Å². The van der Waals surface area contributed by atoms with Crippen molar-refractivity contribution in [2.24, 2.45) is 17.8 Å². The predicted octanol–water partition coefficient (Wildman–Crippen LogP) is 6.43. The van der Waals surface area contributed by atoms with Gasteiger partial charge in [-0.3, -0.25) is 4.98 Å². The van der Waals surface area contributed by atoms with E-state index in [1.807, 2.05) is 12.3 Å². The number of nitrogens with zero attached hydrogens (tertiary/aromatic N) is 1. The third-order valence-corrected chi connectivity index (χ3v) is 8.40. The molecule has 3 heteroatoms. The van der Waals surface area contributed by atoms with Crippen molar-refractivity contribution in [3.05, 3.63) is 90.8 Å². The van der Waals surface area contributed by atoms with Crippen LogP contribution in [-0.4, -0.2) is 4.98 Å². The van der Waals surface area contributed by atoms with Gasteiger partial charge >= 0.3 is 0 Å². The van der Waals surface area contributed by atoms with Crippen LogP contribution in [0.1, 0.15) is 45.7 Å². The standard InChI is InChI=1S/C27H32NOP/c1-21(2)25-18-17-22(3)20-27(25,26-16-10-11-19-28-26)29-30(23-12-6-4-7-13-23)24-14-8-5-9-15-24/h4-16,19,21-22,25H,17-18,20H2,1-3H3/t22-,25-,27-/m0/s1. The Morgan fingerprint density at radius 2 is 1.47 bits per heavy atom. The molecule has 0 saturated heterocycles. The van der Waals surface area contributed by atoms with E-state index >= 15 is 0 Å². The van der Waals surface area contributed by atoms with Gasteiger partial charge in [0.15, 0.2) is 0 Å². The van der Waals surface area contributed by atoms with E-state index in [2.05, 4.69) is 93.6 Å². The fraction of sp³-hybridized carbons (Fsp3) is 0.370. The van der Waals surface area contributed by atoms with E-state index in [1.165, 1.54) is 23.5 Å². The smallest absolute Gasteiger partial charge is 0.118 e. The van der Waals surface area contributed by atoms with Gasteiger partial charge in [-0.25, -0.2) is 0 Å². The molecule has 1 heterocycles. The molecule has 0 aliphatic heterocycles. The molecule has 3 atom stereocenters. The highest BCUT2D eigenvalue weighted by molar-refractivity contribution is 7.68. The van der Waals surface area contributed by atoms with Crippen LogP contribution in [0.25, 0.3) is 0 Å². The largest absolute Gasteiger partial charge is 0.337 e. The average molecular weight is 418 g/mol. The Hall–Kier alpha value is -2.02. The first-order valence-electron chi connectivity index (χ1n) is 11.1. The van der Waals surface area contributed by atoms with Gasteiger partial charge in [0.2, 0.25) is 0 Å². The maximum absolute atomic E-state index is 7.38. The molecule has 0 bridgehead atoms. The Bertz CT molecular complexity index is 876. The summed E-state index contributed by atoms with van der Waals surface area (Å²) in [6.07, 6.45) is 5.38. The first-order valence-corrected chi connectivity index (χ1v) is 12.4. The van der Waals surface area contributed by atoms with Crippen molar-refractivity contribution >= 4 is 18.8 Å². The second-order valence-corrected chi connectivity index (χ2v) is 10.7. The number of hydrogen-bond donors (Lipinski definition) is 0. The average Bonchev–Trinajstić information content (AvgIpc) is 2.79. The van der Waals surface area contributed by atoms with Crippen LogP contribution in [-0.2, 0) is 10.1 Å². The summed E-state index contributed by atoms with van der Waals surface area (Å²) in [5, 5.41) is 2.52. The van der Waals surface area contributed by atoms with E-state index in [1.54, 1.807) is 0 Å². The molecular weight excluding hydrogens is 385 g/mol. The maximum Gasteiger partial charge on any atom is 0.118 e. The van der Waals surface area contributed by atoms with Crippen molar-refractivity contribution in [1.29, 1.82) is 0 Å². The zero-order valence-corrected chi connectivity index (χ0v) is 19.1. The molecule has 30 heavy (non-hydrogen) atoms.